The highest BCUT2D eigenvalue weighted by molar-refractivity contribution is 9.10. The number of rotatable bonds is 3. The SMILES string of the molecule is Cc1ncc(OC[C@H]2CCCN2C)cc1Br. The Morgan fingerprint density at radius 1 is 1.62 bits per heavy atom. The van der Waals surface area contributed by atoms with Crippen molar-refractivity contribution >= 4 is 15.9 Å². The summed E-state index contributed by atoms with van der Waals surface area (Å²) >= 11 is 3.46. The van der Waals surface area contributed by atoms with Gasteiger partial charge in [-0.1, -0.05) is 0 Å². The second-order valence-electron chi connectivity index (χ2n) is 4.33. The summed E-state index contributed by atoms with van der Waals surface area (Å²) in [5, 5.41) is 0. The van der Waals surface area contributed by atoms with Gasteiger partial charge >= 0.3 is 0 Å². The molecule has 1 aromatic heterocycles. The lowest BCUT2D eigenvalue weighted by Crippen LogP contribution is -2.30. The quantitative estimate of drug-likeness (QED) is 0.853. The van der Waals surface area contributed by atoms with Gasteiger partial charge in [-0.2, -0.15) is 0 Å². The fourth-order valence-corrected chi connectivity index (χ4v) is 2.28. The average Bonchev–Trinajstić information content (AvgIpc) is 2.66. The van der Waals surface area contributed by atoms with Gasteiger partial charge in [-0.3, -0.25) is 4.98 Å². The smallest absolute Gasteiger partial charge is 0.138 e. The summed E-state index contributed by atoms with van der Waals surface area (Å²) in [7, 11) is 2.16. The van der Waals surface area contributed by atoms with Gasteiger partial charge in [0.2, 0.25) is 0 Å². The van der Waals surface area contributed by atoms with E-state index in [0.717, 1.165) is 22.5 Å². The van der Waals surface area contributed by atoms with Gasteiger partial charge in [0, 0.05) is 10.5 Å². The van der Waals surface area contributed by atoms with E-state index in [4.69, 9.17) is 4.74 Å². The maximum Gasteiger partial charge on any atom is 0.138 e. The molecule has 0 aromatic carbocycles. The second kappa shape index (κ2) is 5.15. The van der Waals surface area contributed by atoms with Crippen LogP contribution in [0, 0.1) is 6.92 Å². The Hall–Kier alpha value is -0.610. The molecule has 88 valence electrons. The van der Waals surface area contributed by atoms with Gasteiger partial charge in [0.15, 0.2) is 0 Å². The van der Waals surface area contributed by atoms with Crippen LogP contribution >= 0.6 is 15.9 Å². The largest absolute Gasteiger partial charge is 0.490 e. The maximum absolute atomic E-state index is 5.76. The minimum absolute atomic E-state index is 0.556. The van der Waals surface area contributed by atoms with E-state index in [1.165, 1.54) is 19.4 Å². The Morgan fingerprint density at radius 2 is 2.44 bits per heavy atom. The summed E-state index contributed by atoms with van der Waals surface area (Å²) in [5.41, 5.74) is 0.991. The fraction of sp³-hybridized carbons (Fsp3) is 0.583. The molecule has 16 heavy (non-hydrogen) atoms. The molecule has 0 bridgehead atoms. The fourth-order valence-electron chi connectivity index (χ4n) is 1.95. The van der Waals surface area contributed by atoms with E-state index >= 15 is 0 Å². The van der Waals surface area contributed by atoms with E-state index in [1.54, 1.807) is 6.20 Å². The van der Waals surface area contributed by atoms with Crippen LogP contribution in [0.4, 0.5) is 0 Å². The molecule has 0 saturated carbocycles. The summed E-state index contributed by atoms with van der Waals surface area (Å²) in [6.45, 7) is 3.91. The lowest BCUT2D eigenvalue weighted by Gasteiger charge is -2.19. The van der Waals surface area contributed by atoms with Crippen LogP contribution in [0.1, 0.15) is 18.5 Å². The summed E-state index contributed by atoms with van der Waals surface area (Å²) in [5.74, 6) is 0.845. The van der Waals surface area contributed by atoms with Gasteiger partial charge in [0.1, 0.15) is 12.4 Å². The molecule has 3 nitrogen and oxygen atoms in total. The van der Waals surface area contributed by atoms with Crippen LogP contribution in [0.2, 0.25) is 0 Å². The molecule has 0 aliphatic carbocycles. The molecule has 0 N–H and O–H groups in total. The summed E-state index contributed by atoms with van der Waals surface area (Å²) in [4.78, 5) is 6.62. The number of hydrogen-bond donors (Lipinski definition) is 0. The van der Waals surface area contributed by atoms with E-state index < -0.39 is 0 Å². The van der Waals surface area contributed by atoms with Crippen LogP contribution < -0.4 is 4.74 Å². The predicted octanol–water partition coefficient (Wildman–Crippen LogP) is 2.63. The van der Waals surface area contributed by atoms with Crippen molar-refractivity contribution < 1.29 is 4.74 Å². The number of halogens is 1. The van der Waals surface area contributed by atoms with E-state index in [-0.39, 0.29) is 0 Å². The first kappa shape index (κ1) is 11.9. The number of hydrogen-bond acceptors (Lipinski definition) is 3. The third kappa shape index (κ3) is 2.74. The van der Waals surface area contributed by atoms with E-state index in [9.17, 15) is 0 Å². The Balaban J connectivity index is 1.91. The van der Waals surface area contributed by atoms with Gasteiger partial charge < -0.3 is 9.64 Å². The van der Waals surface area contributed by atoms with Crippen LogP contribution in [0.25, 0.3) is 0 Å². The molecule has 2 rings (SSSR count). The van der Waals surface area contributed by atoms with E-state index in [2.05, 4.69) is 32.9 Å². The third-order valence-corrected chi connectivity index (χ3v) is 3.92. The molecule has 0 unspecified atom stereocenters. The molecule has 1 aliphatic rings. The normalized spacial score (nSPS) is 21.3. The van der Waals surface area contributed by atoms with Gasteiger partial charge in [0.25, 0.3) is 0 Å². The Bertz CT molecular complexity index is 370. The molecule has 1 atom stereocenters. The maximum atomic E-state index is 5.76. The van der Waals surface area contributed by atoms with Crippen molar-refractivity contribution in [2.75, 3.05) is 20.2 Å². The summed E-state index contributed by atoms with van der Waals surface area (Å²) in [6.07, 6.45) is 4.30. The lowest BCUT2D eigenvalue weighted by atomic mass is 10.2. The number of likely N-dealkylation sites (tertiary alicyclic amines) is 1. The Morgan fingerprint density at radius 3 is 3.06 bits per heavy atom. The van der Waals surface area contributed by atoms with E-state index in [1.807, 2.05) is 13.0 Å². The molecule has 0 radical (unpaired) electrons. The standard InChI is InChI=1S/C12H17BrN2O/c1-9-12(13)6-11(7-14-9)16-8-10-4-3-5-15(10)2/h6-7,10H,3-5,8H2,1-2H3/t10-/m1/s1. The average molecular weight is 285 g/mol. The first-order chi connectivity index (χ1) is 7.66. The zero-order valence-corrected chi connectivity index (χ0v) is 11.3. The van der Waals surface area contributed by atoms with Crippen molar-refractivity contribution in [3.8, 4) is 5.75 Å². The molecule has 1 saturated heterocycles. The Kier molecular flexibility index (Phi) is 3.82. The zero-order chi connectivity index (χ0) is 11.5. The number of aromatic nitrogens is 1. The Labute approximate surface area is 105 Å². The van der Waals surface area contributed by atoms with Gasteiger partial charge in [-0.05, 0) is 55.4 Å². The number of nitrogens with zero attached hydrogens (tertiary/aromatic N) is 2. The molecule has 1 aromatic rings. The predicted molar refractivity (Wildman–Crippen MR) is 67.8 cm³/mol. The third-order valence-electron chi connectivity index (χ3n) is 3.11. The molecule has 1 aliphatic heterocycles. The van der Waals surface area contributed by atoms with Crippen molar-refractivity contribution in [2.24, 2.45) is 0 Å². The van der Waals surface area contributed by atoms with Crippen molar-refractivity contribution in [1.29, 1.82) is 0 Å². The van der Waals surface area contributed by atoms with Crippen molar-refractivity contribution in [2.45, 2.75) is 25.8 Å². The highest BCUT2D eigenvalue weighted by atomic mass is 79.9. The first-order valence-electron chi connectivity index (χ1n) is 5.62. The zero-order valence-electron chi connectivity index (χ0n) is 9.74. The number of aryl methyl sites for hydroxylation is 1. The summed E-state index contributed by atoms with van der Waals surface area (Å²) in [6, 6.07) is 2.54. The van der Waals surface area contributed by atoms with Crippen LogP contribution in [0.3, 0.4) is 0 Å². The van der Waals surface area contributed by atoms with Crippen LogP contribution in [-0.2, 0) is 0 Å². The van der Waals surface area contributed by atoms with Crippen molar-refractivity contribution in [1.82, 2.24) is 9.88 Å². The minimum Gasteiger partial charge on any atom is -0.490 e. The van der Waals surface area contributed by atoms with Gasteiger partial charge in [-0.15, -0.1) is 0 Å². The van der Waals surface area contributed by atoms with Crippen molar-refractivity contribution in [3.05, 3.63) is 22.4 Å². The van der Waals surface area contributed by atoms with E-state index in [0.29, 0.717) is 6.04 Å². The van der Waals surface area contributed by atoms with Crippen molar-refractivity contribution in [3.63, 3.8) is 0 Å². The molecule has 0 spiro atoms. The molecule has 2 heterocycles. The van der Waals surface area contributed by atoms with Crippen LogP contribution in [0.5, 0.6) is 5.75 Å². The van der Waals surface area contributed by atoms with Gasteiger partial charge in [-0.25, -0.2) is 0 Å². The topological polar surface area (TPSA) is 25.4 Å². The second-order valence-corrected chi connectivity index (χ2v) is 5.18. The molecule has 0 amide bonds. The highest BCUT2D eigenvalue weighted by Crippen LogP contribution is 2.21. The molecule has 1 fully saturated rings. The molecular formula is C12H17BrN2O. The number of likely N-dealkylation sites (N-methyl/N-ethyl adjacent to an activating group) is 1. The molecular weight excluding hydrogens is 268 g/mol. The minimum atomic E-state index is 0.556. The lowest BCUT2D eigenvalue weighted by molar-refractivity contribution is 0.197. The first-order valence-corrected chi connectivity index (χ1v) is 6.41. The number of pyridine rings is 1. The monoisotopic (exact) mass is 284 g/mol. The van der Waals surface area contributed by atoms with Crippen LogP contribution in [0.15, 0.2) is 16.7 Å². The highest BCUT2D eigenvalue weighted by Gasteiger charge is 2.21. The van der Waals surface area contributed by atoms with Crippen LogP contribution in [-0.4, -0.2) is 36.1 Å². The van der Waals surface area contributed by atoms with Gasteiger partial charge in [0.05, 0.1) is 11.9 Å². The molecule has 4 heteroatoms. The summed E-state index contributed by atoms with van der Waals surface area (Å²) < 4.78 is 6.77. The number of ether oxygens (including phenoxy) is 1.